The Morgan fingerprint density at radius 2 is 1.72 bits per heavy atom. The number of para-hydroxylation sites is 2. The number of methoxy groups -OCH3 is 1. The second-order valence-corrected chi connectivity index (χ2v) is 8.74. The van der Waals surface area contributed by atoms with E-state index in [1.54, 1.807) is 31.5 Å². The number of benzene rings is 2. The van der Waals surface area contributed by atoms with Crippen LogP contribution < -0.4 is 10.6 Å². The number of fused-ring (bicyclic) bond motifs is 1. The predicted molar refractivity (Wildman–Crippen MR) is 130 cm³/mol. The molecule has 0 amide bonds. The fourth-order valence-electron chi connectivity index (χ4n) is 3.13. The summed E-state index contributed by atoms with van der Waals surface area (Å²) in [5.41, 5.74) is 1.89. The third-order valence-corrected chi connectivity index (χ3v) is 5.83. The molecule has 2 aromatic carbocycles. The Bertz CT molecular complexity index is 1210. The fraction of sp³-hybridized carbons (Fsp3) is 0.261. The van der Waals surface area contributed by atoms with Gasteiger partial charge in [-0.1, -0.05) is 47.5 Å². The first kappa shape index (κ1) is 22.3. The van der Waals surface area contributed by atoms with Crippen molar-refractivity contribution in [1.82, 2.24) is 19.7 Å². The van der Waals surface area contributed by atoms with E-state index in [9.17, 15) is 0 Å². The van der Waals surface area contributed by atoms with Gasteiger partial charge < -0.3 is 15.4 Å². The summed E-state index contributed by atoms with van der Waals surface area (Å²) in [5.74, 6) is 1.06. The van der Waals surface area contributed by atoms with Gasteiger partial charge in [0.05, 0.1) is 26.7 Å². The van der Waals surface area contributed by atoms with Crippen molar-refractivity contribution in [3.8, 4) is 0 Å². The molecule has 2 aromatic heterocycles. The molecule has 9 heteroatoms. The number of anilines is 4. The second kappa shape index (κ2) is 9.32. The van der Waals surface area contributed by atoms with Crippen molar-refractivity contribution >= 4 is 57.4 Å². The SMILES string of the molecule is COC(C)(C)CCn1nc(Nc2c(Cl)cccc2Cl)c2cnc(Nc3ccccc3)nc21. The predicted octanol–water partition coefficient (Wildman–Crippen LogP) is 6.44. The lowest BCUT2D eigenvalue weighted by atomic mass is 10.1. The first-order chi connectivity index (χ1) is 15.4. The third kappa shape index (κ3) is 4.96. The number of aryl methyl sites for hydroxylation is 1. The molecular weight excluding hydrogens is 447 g/mol. The van der Waals surface area contributed by atoms with E-state index in [2.05, 4.69) is 15.6 Å². The van der Waals surface area contributed by atoms with Gasteiger partial charge in [0.25, 0.3) is 0 Å². The minimum atomic E-state index is -0.296. The van der Waals surface area contributed by atoms with Crippen LogP contribution in [-0.4, -0.2) is 32.5 Å². The molecule has 0 spiro atoms. The minimum Gasteiger partial charge on any atom is -0.379 e. The number of nitrogens with zero attached hydrogens (tertiary/aromatic N) is 4. The molecule has 32 heavy (non-hydrogen) atoms. The largest absolute Gasteiger partial charge is 0.379 e. The highest BCUT2D eigenvalue weighted by molar-refractivity contribution is 6.39. The molecule has 0 radical (unpaired) electrons. The van der Waals surface area contributed by atoms with E-state index in [0.717, 1.165) is 17.5 Å². The highest BCUT2D eigenvalue weighted by Gasteiger charge is 2.20. The van der Waals surface area contributed by atoms with Gasteiger partial charge in [0, 0.05) is 25.5 Å². The van der Waals surface area contributed by atoms with Crippen LogP contribution in [0.25, 0.3) is 11.0 Å². The van der Waals surface area contributed by atoms with Gasteiger partial charge in [-0.3, -0.25) is 0 Å². The Morgan fingerprint density at radius 1 is 1.00 bits per heavy atom. The van der Waals surface area contributed by atoms with Crippen LogP contribution in [0.5, 0.6) is 0 Å². The topological polar surface area (TPSA) is 76.9 Å². The zero-order valence-electron chi connectivity index (χ0n) is 18.1. The summed E-state index contributed by atoms with van der Waals surface area (Å²) in [5, 5.41) is 13.0. The molecule has 0 unspecified atom stereocenters. The molecule has 0 fully saturated rings. The van der Waals surface area contributed by atoms with Gasteiger partial charge in [-0.2, -0.15) is 10.1 Å². The Balaban J connectivity index is 1.73. The lowest BCUT2D eigenvalue weighted by molar-refractivity contribution is 0.0116. The van der Waals surface area contributed by atoms with E-state index >= 15 is 0 Å². The van der Waals surface area contributed by atoms with E-state index in [0.29, 0.717) is 39.7 Å². The highest BCUT2D eigenvalue weighted by Crippen LogP contribution is 2.34. The highest BCUT2D eigenvalue weighted by atomic mass is 35.5. The van der Waals surface area contributed by atoms with Crippen LogP contribution in [0.1, 0.15) is 20.3 Å². The number of rotatable bonds is 8. The lowest BCUT2D eigenvalue weighted by Crippen LogP contribution is -2.24. The van der Waals surface area contributed by atoms with Crippen molar-refractivity contribution in [2.75, 3.05) is 17.7 Å². The van der Waals surface area contributed by atoms with E-state index in [1.165, 1.54) is 0 Å². The molecular formula is C23H24Cl2N6O. The molecule has 7 nitrogen and oxygen atoms in total. The molecule has 0 saturated carbocycles. The van der Waals surface area contributed by atoms with Crippen LogP contribution in [0.15, 0.2) is 54.7 Å². The molecule has 0 atom stereocenters. The number of halogens is 2. The zero-order valence-corrected chi connectivity index (χ0v) is 19.6. The summed E-state index contributed by atoms with van der Waals surface area (Å²) < 4.78 is 7.42. The molecule has 2 N–H and O–H groups in total. The van der Waals surface area contributed by atoms with Crippen LogP contribution in [0.3, 0.4) is 0 Å². The minimum absolute atomic E-state index is 0.296. The Kier molecular flexibility index (Phi) is 6.50. The number of nitrogens with one attached hydrogen (secondary N) is 2. The standard InChI is InChI=1S/C23H24Cl2N6O/c1-23(2,32-3)12-13-31-21-16(14-26-22(29-21)27-15-8-5-4-6-9-15)20(30-31)28-19-17(24)10-7-11-18(19)25/h4-11,14H,12-13H2,1-3H3,(H,28,30)(H,26,27,29). The molecule has 0 aliphatic carbocycles. The first-order valence-corrected chi connectivity index (χ1v) is 10.9. The van der Waals surface area contributed by atoms with Gasteiger partial charge in [0.1, 0.15) is 0 Å². The number of aromatic nitrogens is 4. The normalized spacial score (nSPS) is 11.7. The van der Waals surface area contributed by atoms with E-state index in [4.69, 9.17) is 38.0 Å². The molecule has 0 saturated heterocycles. The molecule has 0 aliphatic rings. The zero-order chi connectivity index (χ0) is 22.7. The molecule has 166 valence electrons. The molecule has 0 aliphatic heterocycles. The van der Waals surface area contributed by atoms with Gasteiger partial charge in [0.15, 0.2) is 11.5 Å². The van der Waals surface area contributed by atoms with Crippen LogP contribution in [0.2, 0.25) is 10.0 Å². The van der Waals surface area contributed by atoms with Gasteiger partial charge in [-0.25, -0.2) is 9.67 Å². The summed E-state index contributed by atoms with van der Waals surface area (Å²) in [6.07, 6.45) is 2.49. The van der Waals surface area contributed by atoms with Gasteiger partial charge in [-0.15, -0.1) is 0 Å². The van der Waals surface area contributed by atoms with Gasteiger partial charge >= 0.3 is 0 Å². The van der Waals surface area contributed by atoms with Crippen molar-refractivity contribution in [2.24, 2.45) is 0 Å². The fourth-order valence-corrected chi connectivity index (χ4v) is 3.62. The Morgan fingerprint density at radius 3 is 2.41 bits per heavy atom. The monoisotopic (exact) mass is 470 g/mol. The van der Waals surface area contributed by atoms with E-state index in [-0.39, 0.29) is 5.60 Å². The Hall–Kier alpha value is -2.87. The van der Waals surface area contributed by atoms with Gasteiger partial charge in [-0.05, 0) is 44.5 Å². The van der Waals surface area contributed by atoms with Gasteiger partial charge in [0.2, 0.25) is 5.95 Å². The summed E-state index contributed by atoms with van der Waals surface area (Å²) in [7, 11) is 1.71. The van der Waals surface area contributed by atoms with Crippen molar-refractivity contribution in [3.63, 3.8) is 0 Å². The molecule has 4 aromatic rings. The number of hydrogen-bond acceptors (Lipinski definition) is 6. The number of ether oxygens (including phenoxy) is 1. The van der Waals surface area contributed by atoms with Crippen LogP contribution in [0.4, 0.5) is 23.1 Å². The summed E-state index contributed by atoms with van der Waals surface area (Å²) in [6, 6.07) is 15.1. The Labute approximate surface area is 196 Å². The van der Waals surface area contributed by atoms with Crippen LogP contribution in [-0.2, 0) is 11.3 Å². The quantitative estimate of drug-likeness (QED) is 0.308. The third-order valence-electron chi connectivity index (χ3n) is 5.20. The maximum atomic E-state index is 6.35. The van der Waals surface area contributed by atoms with Crippen LogP contribution in [0, 0.1) is 0 Å². The smallest absolute Gasteiger partial charge is 0.229 e. The summed E-state index contributed by atoms with van der Waals surface area (Å²) in [4.78, 5) is 9.22. The lowest BCUT2D eigenvalue weighted by Gasteiger charge is -2.22. The second-order valence-electron chi connectivity index (χ2n) is 7.93. The van der Waals surface area contributed by atoms with Crippen molar-refractivity contribution < 1.29 is 4.74 Å². The average Bonchev–Trinajstić information content (AvgIpc) is 3.12. The first-order valence-electron chi connectivity index (χ1n) is 10.2. The summed E-state index contributed by atoms with van der Waals surface area (Å²) >= 11 is 12.7. The molecule has 2 heterocycles. The van der Waals surface area contributed by atoms with E-state index < -0.39 is 0 Å². The van der Waals surface area contributed by atoms with Crippen LogP contribution >= 0.6 is 23.2 Å². The maximum absolute atomic E-state index is 6.35. The molecule has 4 rings (SSSR count). The van der Waals surface area contributed by atoms with Crippen molar-refractivity contribution in [3.05, 3.63) is 64.8 Å². The van der Waals surface area contributed by atoms with Crippen molar-refractivity contribution in [1.29, 1.82) is 0 Å². The number of hydrogen-bond donors (Lipinski definition) is 2. The van der Waals surface area contributed by atoms with Crippen molar-refractivity contribution in [2.45, 2.75) is 32.4 Å². The maximum Gasteiger partial charge on any atom is 0.229 e. The molecule has 0 bridgehead atoms. The average molecular weight is 471 g/mol. The van der Waals surface area contributed by atoms with E-state index in [1.807, 2.05) is 48.9 Å². The summed E-state index contributed by atoms with van der Waals surface area (Å²) in [6.45, 7) is 4.69.